The van der Waals surface area contributed by atoms with Gasteiger partial charge in [-0.3, -0.25) is 9.59 Å². The molecule has 0 spiro atoms. The monoisotopic (exact) mass is 269 g/mol. The Bertz CT molecular complexity index is 370. The minimum Gasteiger partial charge on any atom is -0.464 e. The molecule has 108 valence electrons. The van der Waals surface area contributed by atoms with Crippen molar-refractivity contribution >= 4 is 17.7 Å². The van der Waals surface area contributed by atoms with Crippen molar-refractivity contribution in [3.63, 3.8) is 0 Å². The van der Waals surface area contributed by atoms with Crippen molar-refractivity contribution in [1.29, 1.82) is 0 Å². The molecule has 5 nitrogen and oxygen atoms in total. The number of Topliss-reactive ketones (excluding diaryl/α,β-unsaturated/α-hetero) is 1. The molecule has 1 atom stereocenters. The van der Waals surface area contributed by atoms with Crippen LogP contribution in [0.4, 0.5) is 0 Å². The minimum atomic E-state index is -0.728. The van der Waals surface area contributed by atoms with Gasteiger partial charge in [-0.1, -0.05) is 20.8 Å². The first-order valence-corrected chi connectivity index (χ1v) is 6.81. The Hall–Kier alpha value is -1.39. The van der Waals surface area contributed by atoms with Crippen molar-refractivity contribution < 1.29 is 19.1 Å². The third-order valence-corrected chi connectivity index (χ3v) is 3.20. The normalized spacial score (nSPS) is 20.0. The molecule has 1 rings (SSSR count). The number of likely N-dealkylation sites (tertiary alicyclic amines) is 1. The van der Waals surface area contributed by atoms with Gasteiger partial charge in [0.25, 0.3) is 5.91 Å². The van der Waals surface area contributed by atoms with Gasteiger partial charge in [-0.25, -0.2) is 4.79 Å². The molecule has 0 radical (unpaired) electrons. The summed E-state index contributed by atoms with van der Waals surface area (Å²) < 4.78 is 4.98. The quantitative estimate of drug-likeness (QED) is 0.576. The third kappa shape index (κ3) is 3.78. The van der Waals surface area contributed by atoms with E-state index in [1.54, 1.807) is 27.7 Å². The fraction of sp³-hybridized carbons (Fsp3) is 0.786. The summed E-state index contributed by atoms with van der Waals surface area (Å²) in [6, 6.07) is -0.604. The Labute approximate surface area is 114 Å². The molecule has 0 aliphatic carbocycles. The summed E-state index contributed by atoms with van der Waals surface area (Å²) in [5.74, 6) is -1.42. The summed E-state index contributed by atoms with van der Waals surface area (Å²) in [5.41, 5.74) is -0.728. The molecule has 0 aromatic heterocycles. The maximum absolute atomic E-state index is 12.2. The van der Waals surface area contributed by atoms with Crippen LogP contribution >= 0.6 is 0 Å². The lowest BCUT2D eigenvalue weighted by Crippen LogP contribution is -2.52. The maximum atomic E-state index is 12.2. The average Bonchev–Trinajstić information content (AvgIpc) is 2.36. The first-order chi connectivity index (χ1) is 8.79. The van der Waals surface area contributed by atoms with Crippen molar-refractivity contribution in [2.45, 2.75) is 53.0 Å². The van der Waals surface area contributed by atoms with E-state index >= 15 is 0 Å². The molecule has 0 saturated carbocycles. The maximum Gasteiger partial charge on any atom is 0.328 e. The van der Waals surface area contributed by atoms with Crippen LogP contribution in [-0.4, -0.2) is 41.8 Å². The highest BCUT2D eigenvalue weighted by atomic mass is 16.5. The number of amides is 1. The van der Waals surface area contributed by atoms with Crippen LogP contribution in [0.25, 0.3) is 0 Å². The molecular formula is C14H23NO4. The van der Waals surface area contributed by atoms with E-state index in [1.165, 1.54) is 4.90 Å². The second-order valence-electron chi connectivity index (χ2n) is 5.84. The van der Waals surface area contributed by atoms with Gasteiger partial charge in [-0.05, 0) is 26.2 Å². The van der Waals surface area contributed by atoms with E-state index in [0.717, 1.165) is 12.8 Å². The van der Waals surface area contributed by atoms with Crippen LogP contribution in [-0.2, 0) is 19.1 Å². The summed E-state index contributed by atoms with van der Waals surface area (Å²) in [7, 11) is 0. The number of esters is 1. The number of nitrogens with zero attached hydrogens (tertiary/aromatic N) is 1. The van der Waals surface area contributed by atoms with Crippen LogP contribution in [0.3, 0.4) is 0 Å². The topological polar surface area (TPSA) is 63.7 Å². The van der Waals surface area contributed by atoms with Crippen LogP contribution in [0, 0.1) is 5.41 Å². The van der Waals surface area contributed by atoms with Gasteiger partial charge >= 0.3 is 5.97 Å². The van der Waals surface area contributed by atoms with Gasteiger partial charge in [0.15, 0.2) is 0 Å². The highest BCUT2D eigenvalue weighted by molar-refractivity contribution is 6.38. The average molecular weight is 269 g/mol. The lowest BCUT2D eigenvalue weighted by molar-refractivity contribution is -0.160. The molecule has 5 heteroatoms. The molecule has 19 heavy (non-hydrogen) atoms. The van der Waals surface area contributed by atoms with Gasteiger partial charge in [0, 0.05) is 12.0 Å². The third-order valence-electron chi connectivity index (χ3n) is 3.20. The molecule has 0 aromatic carbocycles. The first-order valence-electron chi connectivity index (χ1n) is 6.81. The zero-order chi connectivity index (χ0) is 14.6. The number of hydrogen-bond acceptors (Lipinski definition) is 4. The van der Waals surface area contributed by atoms with Crippen LogP contribution in [0.5, 0.6) is 0 Å². The van der Waals surface area contributed by atoms with E-state index in [0.29, 0.717) is 13.0 Å². The number of hydrogen-bond donors (Lipinski definition) is 0. The fourth-order valence-corrected chi connectivity index (χ4v) is 2.11. The standard InChI is InChI=1S/C14H23NO4/c1-5-19-13(18)10-8-6-7-9-15(10)12(17)11(16)14(2,3)4/h10H,5-9H2,1-4H3. The second kappa shape index (κ2) is 6.17. The molecule has 1 unspecified atom stereocenters. The number of carbonyl (C=O) groups excluding carboxylic acids is 3. The van der Waals surface area contributed by atoms with E-state index in [9.17, 15) is 14.4 Å². The fourth-order valence-electron chi connectivity index (χ4n) is 2.11. The molecule has 1 aliphatic heterocycles. The summed E-state index contributed by atoms with van der Waals surface area (Å²) >= 11 is 0. The number of ether oxygens (including phenoxy) is 1. The lowest BCUT2D eigenvalue weighted by atomic mass is 9.89. The van der Waals surface area contributed by atoms with Gasteiger partial charge < -0.3 is 9.64 Å². The SMILES string of the molecule is CCOC(=O)C1CCCCN1C(=O)C(=O)C(C)(C)C. The van der Waals surface area contributed by atoms with Crippen LogP contribution in [0.2, 0.25) is 0 Å². The van der Waals surface area contributed by atoms with Gasteiger partial charge in [0.2, 0.25) is 5.78 Å². The summed E-state index contributed by atoms with van der Waals surface area (Å²) in [6.07, 6.45) is 2.26. The number of rotatable bonds is 3. The Kier molecular flexibility index (Phi) is 5.09. The molecule has 1 amide bonds. The van der Waals surface area contributed by atoms with E-state index in [2.05, 4.69) is 0 Å². The van der Waals surface area contributed by atoms with Crippen LogP contribution in [0.15, 0.2) is 0 Å². The highest BCUT2D eigenvalue weighted by Crippen LogP contribution is 2.22. The van der Waals surface area contributed by atoms with Gasteiger partial charge in [0.05, 0.1) is 6.61 Å². The van der Waals surface area contributed by atoms with Crippen molar-refractivity contribution in [3.05, 3.63) is 0 Å². The Morgan fingerprint density at radius 1 is 1.21 bits per heavy atom. The zero-order valence-electron chi connectivity index (χ0n) is 12.2. The van der Waals surface area contributed by atoms with Crippen LogP contribution in [0.1, 0.15) is 47.0 Å². The number of carbonyl (C=O) groups is 3. The molecule has 1 heterocycles. The molecule has 0 N–H and O–H groups in total. The molecule has 1 fully saturated rings. The van der Waals surface area contributed by atoms with E-state index in [4.69, 9.17) is 4.74 Å². The molecule has 1 aliphatic rings. The Morgan fingerprint density at radius 3 is 2.37 bits per heavy atom. The second-order valence-corrected chi connectivity index (χ2v) is 5.84. The summed E-state index contributed by atoms with van der Waals surface area (Å²) in [5, 5.41) is 0. The van der Waals surface area contributed by atoms with Gasteiger partial charge in [0.1, 0.15) is 6.04 Å². The van der Waals surface area contributed by atoms with Gasteiger partial charge in [-0.15, -0.1) is 0 Å². The van der Waals surface area contributed by atoms with E-state index < -0.39 is 29.1 Å². The number of ketones is 1. The molecule has 0 aromatic rings. The summed E-state index contributed by atoms with van der Waals surface area (Å²) in [6.45, 7) is 7.57. The Balaban J connectivity index is 2.85. The van der Waals surface area contributed by atoms with Crippen molar-refractivity contribution in [2.75, 3.05) is 13.2 Å². The minimum absolute atomic E-state index is 0.282. The molecule has 1 saturated heterocycles. The summed E-state index contributed by atoms with van der Waals surface area (Å²) in [4.78, 5) is 37.5. The van der Waals surface area contributed by atoms with E-state index in [1.807, 2.05) is 0 Å². The van der Waals surface area contributed by atoms with Gasteiger partial charge in [-0.2, -0.15) is 0 Å². The van der Waals surface area contributed by atoms with Crippen molar-refractivity contribution in [2.24, 2.45) is 5.41 Å². The van der Waals surface area contributed by atoms with Crippen LogP contribution < -0.4 is 0 Å². The molecule has 0 bridgehead atoms. The lowest BCUT2D eigenvalue weighted by Gasteiger charge is -2.34. The predicted molar refractivity (Wildman–Crippen MR) is 70.4 cm³/mol. The smallest absolute Gasteiger partial charge is 0.328 e. The zero-order valence-corrected chi connectivity index (χ0v) is 12.2. The van der Waals surface area contributed by atoms with Crippen molar-refractivity contribution in [3.8, 4) is 0 Å². The number of piperidine rings is 1. The Morgan fingerprint density at radius 2 is 1.84 bits per heavy atom. The van der Waals surface area contributed by atoms with E-state index in [-0.39, 0.29) is 6.61 Å². The molecular weight excluding hydrogens is 246 g/mol. The van der Waals surface area contributed by atoms with Crippen molar-refractivity contribution in [1.82, 2.24) is 4.90 Å². The predicted octanol–water partition coefficient (Wildman–Crippen LogP) is 1.55. The highest BCUT2D eigenvalue weighted by Gasteiger charge is 2.39. The first kappa shape index (κ1) is 15.7. The largest absolute Gasteiger partial charge is 0.464 e.